The average Bonchev–Trinajstić information content (AvgIpc) is 2.56. The predicted molar refractivity (Wildman–Crippen MR) is 104 cm³/mol. The van der Waals surface area contributed by atoms with Crippen molar-refractivity contribution in [1.29, 1.82) is 0 Å². The summed E-state index contributed by atoms with van der Waals surface area (Å²) in [6.07, 6.45) is 15.5. The first-order valence-electron chi connectivity index (χ1n) is 10.00. The van der Waals surface area contributed by atoms with E-state index in [0.717, 1.165) is 4.48 Å². The second-order valence-electron chi connectivity index (χ2n) is 7.80. The lowest BCUT2D eigenvalue weighted by molar-refractivity contribution is -0.890. The summed E-state index contributed by atoms with van der Waals surface area (Å²) in [4.78, 5) is 0. The molecule has 0 atom stereocenters. The highest BCUT2D eigenvalue weighted by Gasteiger charge is 2.14. The second kappa shape index (κ2) is 12.6. The molecule has 132 valence electrons. The van der Waals surface area contributed by atoms with Crippen molar-refractivity contribution in [3.63, 3.8) is 0 Å². The fraction of sp³-hybridized carbons (Fsp3) is 0.727. The summed E-state index contributed by atoms with van der Waals surface area (Å²) < 4.78 is 1.16. The number of nitrogens with zero attached hydrogens (tertiary/aromatic N) is 1. The molecule has 1 aromatic rings. The Hall–Kier alpha value is -0.820. The molecule has 1 aromatic carbocycles. The van der Waals surface area contributed by atoms with E-state index in [2.05, 4.69) is 51.4 Å². The van der Waals surface area contributed by atoms with Crippen molar-refractivity contribution in [3.05, 3.63) is 35.9 Å². The van der Waals surface area contributed by atoms with Gasteiger partial charge in [0.2, 0.25) is 0 Å². The molecule has 23 heavy (non-hydrogen) atoms. The van der Waals surface area contributed by atoms with E-state index in [1.54, 1.807) is 0 Å². The number of rotatable bonds is 14. The first-order valence-corrected chi connectivity index (χ1v) is 10.00. The Morgan fingerprint density at radius 1 is 0.652 bits per heavy atom. The van der Waals surface area contributed by atoms with Gasteiger partial charge in [0.25, 0.3) is 0 Å². The van der Waals surface area contributed by atoms with Gasteiger partial charge >= 0.3 is 0 Å². The van der Waals surface area contributed by atoms with Crippen molar-refractivity contribution in [2.24, 2.45) is 0 Å². The number of likely N-dealkylation sites (N-methyl/N-ethyl adjacent to an activating group) is 1. The van der Waals surface area contributed by atoms with Gasteiger partial charge in [-0.05, 0) is 18.4 Å². The van der Waals surface area contributed by atoms with E-state index in [0.29, 0.717) is 0 Å². The van der Waals surface area contributed by atoms with E-state index in [1.165, 1.54) is 89.3 Å². The second-order valence-corrected chi connectivity index (χ2v) is 7.80. The molecule has 1 heteroatoms. The molecule has 0 saturated carbocycles. The molecule has 1 nitrogen and oxygen atoms in total. The van der Waals surface area contributed by atoms with Gasteiger partial charge in [0.05, 0.1) is 27.2 Å². The maximum atomic E-state index is 2.39. The van der Waals surface area contributed by atoms with Gasteiger partial charge in [0, 0.05) is 6.42 Å². The lowest BCUT2D eigenvalue weighted by atomic mass is 10.1. The third-order valence-electron chi connectivity index (χ3n) is 4.97. The molecule has 0 bridgehead atoms. The molecule has 0 spiro atoms. The minimum atomic E-state index is 1.16. The zero-order valence-electron chi connectivity index (χ0n) is 16.0. The highest BCUT2D eigenvalue weighted by molar-refractivity contribution is 5.14. The van der Waals surface area contributed by atoms with E-state index in [-0.39, 0.29) is 0 Å². The minimum Gasteiger partial charge on any atom is -0.328 e. The smallest absolute Gasteiger partial charge is 0.0823 e. The Balaban J connectivity index is 1.97. The maximum absolute atomic E-state index is 2.39. The van der Waals surface area contributed by atoms with Crippen LogP contribution in [0.15, 0.2) is 30.3 Å². The standard InChI is InChI=1S/C22H40N/c1-4-5-6-7-8-9-10-11-12-16-20-23(2,3)21-19-22-17-14-13-15-18-22/h13-15,17-18H,4-12,16,19-21H2,1-3H3/q+1. The summed E-state index contributed by atoms with van der Waals surface area (Å²) in [5, 5.41) is 0. The van der Waals surface area contributed by atoms with E-state index < -0.39 is 0 Å². The molecule has 0 heterocycles. The van der Waals surface area contributed by atoms with Gasteiger partial charge in [0.15, 0.2) is 0 Å². The van der Waals surface area contributed by atoms with Crippen molar-refractivity contribution >= 4 is 0 Å². The van der Waals surface area contributed by atoms with Gasteiger partial charge in [-0.25, -0.2) is 0 Å². The molecule has 0 radical (unpaired) electrons. The topological polar surface area (TPSA) is 0 Å². The van der Waals surface area contributed by atoms with Crippen LogP contribution in [0.3, 0.4) is 0 Å². The summed E-state index contributed by atoms with van der Waals surface area (Å²) in [6, 6.07) is 10.9. The van der Waals surface area contributed by atoms with Gasteiger partial charge in [0.1, 0.15) is 0 Å². The SMILES string of the molecule is CCCCCCCCCCCC[N+](C)(C)CCc1ccccc1. The van der Waals surface area contributed by atoms with Gasteiger partial charge in [-0.1, -0.05) is 88.6 Å². The van der Waals surface area contributed by atoms with Crippen LogP contribution in [0.5, 0.6) is 0 Å². The molecule has 0 N–H and O–H groups in total. The van der Waals surface area contributed by atoms with Crippen molar-refractivity contribution < 1.29 is 4.48 Å². The number of hydrogen-bond acceptors (Lipinski definition) is 0. The molecule has 0 aliphatic heterocycles. The Kier molecular flexibility index (Phi) is 11.1. The van der Waals surface area contributed by atoms with E-state index >= 15 is 0 Å². The molecular weight excluding hydrogens is 278 g/mol. The van der Waals surface area contributed by atoms with Crippen molar-refractivity contribution in [2.45, 2.75) is 77.6 Å². The van der Waals surface area contributed by atoms with Crippen LogP contribution in [-0.2, 0) is 6.42 Å². The third-order valence-corrected chi connectivity index (χ3v) is 4.97. The molecule has 0 fully saturated rings. The summed E-state index contributed by atoms with van der Waals surface area (Å²) in [5.74, 6) is 0. The molecular formula is C22H40N+. The van der Waals surface area contributed by atoms with Gasteiger partial charge in [-0.3, -0.25) is 0 Å². The van der Waals surface area contributed by atoms with E-state index in [4.69, 9.17) is 0 Å². The van der Waals surface area contributed by atoms with Gasteiger partial charge in [-0.2, -0.15) is 0 Å². The first-order chi connectivity index (χ1) is 11.1. The monoisotopic (exact) mass is 318 g/mol. The highest BCUT2D eigenvalue weighted by atomic mass is 15.3. The van der Waals surface area contributed by atoms with Crippen LogP contribution < -0.4 is 0 Å². The summed E-state index contributed by atoms with van der Waals surface area (Å²) in [5.41, 5.74) is 1.47. The summed E-state index contributed by atoms with van der Waals surface area (Å²) >= 11 is 0. The molecule has 0 amide bonds. The molecule has 1 rings (SSSR count). The first kappa shape index (κ1) is 20.2. The molecule has 0 aromatic heterocycles. The minimum absolute atomic E-state index is 1.16. The Morgan fingerprint density at radius 2 is 1.17 bits per heavy atom. The lowest BCUT2D eigenvalue weighted by Gasteiger charge is -2.30. The zero-order chi connectivity index (χ0) is 16.8. The van der Waals surface area contributed by atoms with Crippen molar-refractivity contribution in [3.8, 4) is 0 Å². The summed E-state index contributed by atoms with van der Waals surface area (Å²) in [7, 11) is 4.77. The molecule has 0 saturated heterocycles. The van der Waals surface area contributed by atoms with Crippen LogP contribution in [0.25, 0.3) is 0 Å². The Labute approximate surface area is 145 Å². The van der Waals surface area contributed by atoms with Crippen LogP contribution in [0.2, 0.25) is 0 Å². The molecule has 0 aliphatic rings. The quantitative estimate of drug-likeness (QED) is 0.282. The largest absolute Gasteiger partial charge is 0.328 e. The fourth-order valence-corrected chi connectivity index (χ4v) is 3.22. The van der Waals surface area contributed by atoms with Crippen LogP contribution >= 0.6 is 0 Å². The maximum Gasteiger partial charge on any atom is 0.0823 e. The number of hydrogen-bond donors (Lipinski definition) is 0. The normalized spacial score (nSPS) is 11.8. The lowest BCUT2D eigenvalue weighted by Crippen LogP contribution is -2.42. The summed E-state index contributed by atoms with van der Waals surface area (Å²) in [6.45, 7) is 4.87. The van der Waals surface area contributed by atoms with Gasteiger partial charge < -0.3 is 4.48 Å². The van der Waals surface area contributed by atoms with Crippen LogP contribution in [-0.4, -0.2) is 31.7 Å². The highest BCUT2D eigenvalue weighted by Crippen LogP contribution is 2.12. The number of quaternary nitrogens is 1. The Morgan fingerprint density at radius 3 is 1.74 bits per heavy atom. The van der Waals surface area contributed by atoms with Gasteiger partial charge in [-0.15, -0.1) is 0 Å². The van der Waals surface area contributed by atoms with E-state index in [9.17, 15) is 0 Å². The fourth-order valence-electron chi connectivity index (χ4n) is 3.22. The van der Waals surface area contributed by atoms with Crippen LogP contribution in [0, 0.1) is 0 Å². The van der Waals surface area contributed by atoms with Crippen LogP contribution in [0.4, 0.5) is 0 Å². The predicted octanol–water partition coefficient (Wildman–Crippen LogP) is 6.23. The van der Waals surface area contributed by atoms with Crippen molar-refractivity contribution in [2.75, 3.05) is 27.2 Å². The molecule has 0 unspecified atom stereocenters. The average molecular weight is 319 g/mol. The third kappa shape index (κ3) is 11.4. The zero-order valence-corrected chi connectivity index (χ0v) is 16.0. The number of unbranched alkanes of at least 4 members (excludes halogenated alkanes) is 9. The van der Waals surface area contributed by atoms with Crippen molar-refractivity contribution in [1.82, 2.24) is 0 Å². The Bertz CT molecular complexity index is 369. The van der Waals surface area contributed by atoms with E-state index in [1.807, 2.05) is 0 Å². The van der Waals surface area contributed by atoms with Crippen LogP contribution in [0.1, 0.15) is 76.7 Å². The molecule has 0 aliphatic carbocycles. The number of benzene rings is 1.